The van der Waals surface area contributed by atoms with Crippen LogP contribution in [0.25, 0.3) is 0 Å². The maximum Gasteiger partial charge on any atom is 0.175 e. The molecule has 0 aliphatic heterocycles. The van der Waals surface area contributed by atoms with Crippen LogP contribution in [0.2, 0.25) is 0 Å². The van der Waals surface area contributed by atoms with Crippen molar-refractivity contribution in [2.45, 2.75) is 37.6 Å². The van der Waals surface area contributed by atoms with Crippen LogP contribution in [0.15, 0.2) is 29.2 Å². The van der Waals surface area contributed by atoms with Crippen molar-refractivity contribution in [1.82, 2.24) is 0 Å². The van der Waals surface area contributed by atoms with Gasteiger partial charge in [-0.25, -0.2) is 8.42 Å². The van der Waals surface area contributed by atoms with E-state index < -0.39 is 9.84 Å². The summed E-state index contributed by atoms with van der Waals surface area (Å²) in [5.41, 5.74) is 6.81. The molecule has 4 heteroatoms. The average molecular weight is 255 g/mol. The average Bonchev–Trinajstić information content (AvgIpc) is 2.15. The maximum atomic E-state index is 11.4. The van der Waals surface area contributed by atoms with Gasteiger partial charge in [0.25, 0.3) is 0 Å². The standard InChI is InChI=1S/C13H21NO2S/c1-10(7-11(2)14)8-12-5-4-6-13(9-12)17(3,15)16/h4-6,9-11H,7-8,14H2,1-3H3. The van der Waals surface area contributed by atoms with Crippen LogP contribution in [-0.2, 0) is 16.3 Å². The molecule has 0 bridgehead atoms. The van der Waals surface area contributed by atoms with E-state index in [1.165, 1.54) is 6.26 Å². The SMILES string of the molecule is CC(N)CC(C)Cc1cccc(S(C)(=O)=O)c1. The second-order valence-electron chi connectivity index (χ2n) is 4.94. The summed E-state index contributed by atoms with van der Waals surface area (Å²) in [5, 5.41) is 0. The van der Waals surface area contributed by atoms with E-state index in [-0.39, 0.29) is 6.04 Å². The molecule has 3 nitrogen and oxygen atoms in total. The second kappa shape index (κ2) is 5.65. The Morgan fingerprint density at radius 1 is 1.29 bits per heavy atom. The van der Waals surface area contributed by atoms with Crippen LogP contribution in [0, 0.1) is 5.92 Å². The van der Waals surface area contributed by atoms with Gasteiger partial charge in [0.15, 0.2) is 9.84 Å². The Labute approximate surface area is 104 Å². The Morgan fingerprint density at radius 3 is 2.47 bits per heavy atom. The Hall–Kier alpha value is -0.870. The molecule has 0 spiro atoms. The summed E-state index contributed by atoms with van der Waals surface area (Å²) in [7, 11) is -3.11. The van der Waals surface area contributed by atoms with Crippen LogP contribution in [0.5, 0.6) is 0 Å². The van der Waals surface area contributed by atoms with E-state index in [4.69, 9.17) is 5.73 Å². The maximum absolute atomic E-state index is 11.4. The third-order valence-electron chi connectivity index (χ3n) is 2.68. The highest BCUT2D eigenvalue weighted by atomic mass is 32.2. The summed E-state index contributed by atoms with van der Waals surface area (Å²) in [6, 6.07) is 7.33. The van der Waals surface area contributed by atoms with Gasteiger partial charge in [0.05, 0.1) is 4.90 Å². The molecule has 0 saturated heterocycles. The second-order valence-corrected chi connectivity index (χ2v) is 6.96. The van der Waals surface area contributed by atoms with Crippen LogP contribution in [0.4, 0.5) is 0 Å². The fourth-order valence-electron chi connectivity index (χ4n) is 2.02. The van der Waals surface area contributed by atoms with Gasteiger partial charge in [-0.1, -0.05) is 19.1 Å². The molecule has 0 amide bonds. The summed E-state index contributed by atoms with van der Waals surface area (Å²) >= 11 is 0. The highest BCUT2D eigenvalue weighted by molar-refractivity contribution is 7.90. The fourth-order valence-corrected chi connectivity index (χ4v) is 2.71. The van der Waals surface area contributed by atoms with Crippen molar-refractivity contribution in [1.29, 1.82) is 0 Å². The molecule has 1 aromatic carbocycles. The molecule has 1 aromatic rings. The van der Waals surface area contributed by atoms with Crippen molar-refractivity contribution < 1.29 is 8.42 Å². The first-order chi connectivity index (χ1) is 7.79. The predicted octanol–water partition coefficient (Wildman–Crippen LogP) is 2.01. The Morgan fingerprint density at radius 2 is 1.94 bits per heavy atom. The van der Waals surface area contributed by atoms with E-state index in [1.54, 1.807) is 18.2 Å². The lowest BCUT2D eigenvalue weighted by atomic mass is 9.95. The van der Waals surface area contributed by atoms with Crippen molar-refractivity contribution >= 4 is 9.84 Å². The van der Waals surface area contributed by atoms with Crippen molar-refractivity contribution in [3.05, 3.63) is 29.8 Å². The first-order valence-corrected chi connectivity index (χ1v) is 7.72. The normalized spacial score (nSPS) is 15.5. The van der Waals surface area contributed by atoms with Gasteiger partial charge in [-0.2, -0.15) is 0 Å². The van der Waals surface area contributed by atoms with E-state index in [2.05, 4.69) is 6.92 Å². The molecular weight excluding hydrogens is 234 g/mol. The lowest BCUT2D eigenvalue weighted by molar-refractivity contribution is 0.479. The third kappa shape index (κ3) is 4.88. The molecule has 96 valence electrons. The van der Waals surface area contributed by atoms with E-state index in [0.717, 1.165) is 18.4 Å². The molecule has 2 atom stereocenters. The molecule has 0 aliphatic rings. The van der Waals surface area contributed by atoms with Gasteiger partial charge in [-0.15, -0.1) is 0 Å². The van der Waals surface area contributed by atoms with E-state index in [1.807, 2.05) is 13.0 Å². The minimum Gasteiger partial charge on any atom is -0.328 e. The zero-order valence-electron chi connectivity index (χ0n) is 10.7. The topological polar surface area (TPSA) is 60.2 Å². The highest BCUT2D eigenvalue weighted by Crippen LogP contribution is 2.17. The first-order valence-electron chi connectivity index (χ1n) is 5.83. The lowest BCUT2D eigenvalue weighted by Crippen LogP contribution is -2.19. The van der Waals surface area contributed by atoms with Crippen LogP contribution in [0.3, 0.4) is 0 Å². The fraction of sp³-hybridized carbons (Fsp3) is 0.538. The summed E-state index contributed by atoms with van der Waals surface area (Å²) < 4.78 is 22.9. The quantitative estimate of drug-likeness (QED) is 0.875. The van der Waals surface area contributed by atoms with E-state index >= 15 is 0 Å². The van der Waals surface area contributed by atoms with Gasteiger partial charge in [0, 0.05) is 12.3 Å². The Bertz CT molecular complexity index is 466. The molecule has 0 saturated carbocycles. The van der Waals surface area contributed by atoms with Gasteiger partial charge >= 0.3 is 0 Å². The van der Waals surface area contributed by atoms with Gasteiger partial charge in [-0.3, -0.25) is 0 Å². The largest absolute Gasteiger partial charge is 0.328 e. The van der Waals surface area contributed by atoms with Gasteiger partial charge < -0.3 is 5.73 Å². The van der Waals surface area contributed by atoms with Crippen LogP contribution >= 0.6 is 0 Å². The summed E-state index contributed by atoms with van der Waals surface area (Å²) in [5.74, 6) is 0.463. The number of benzene rings is 1. The highest BCUT2D eigenvalue weighted by Gasteiger charge is 2.10. The van der Waals surface area contributed by atoms with E-state index in [0.29, 0.717) is 10.8 Å². The molecule has 17 heavy (non-hydrogen) atoms. The van der Waals surface area contributed by atoms with Crippen molar-refractivity contribution in [3.63, 3.8) is 0 Å². The molecule has 0 heterocycles. The Balaban J connectivity index is 2.80. The molecule has 2 unspecified atom stereocenters. The first kappa shape index (κ1) is 14.2. The molecular formula is C13H21NO2S. The van der Waals surface area contributed by atoms with Crippen molar-refractivity contribution in [3.8, 4) is 0 Å². The minimum atomic E-state index is -3.11. The Kier molecular flexibility index (Phi) is 4.71. The van der Waals surface area contributed by atoms with Crippen molar-refractivity contribution in [2.24, 2.45) is 11.7 Å². The van der Waals surface area contributed by atoms with Gasteiger partial charge in [0.1, 0.15) is 0 Å². The number of hydrogen-bond acceptors (Lipinski definition) is 3. The summed E-state index contributed by atoms with van der Waals surface area (Å²) in [4.78, 5) is 0.392. The molecule has 2 N–H and O–H groups in total. The monoisotopic (exact) mass is 255 g/mol. The zero-order chi connectivity index (χ0) is 13.1. The molecule has 0 fully saturated rings. The zero-order valence-corrected chi connectivity index (χ0v) is 11.5. The van der Waals surface area contributed by atoms with Gasteiger partial charge in [-0.05, 0) is 43.4 Å². The summed E-state index contributed by atoms with van der Waals surface area (Å²) in [6.45, 7) is 4.12. The third-order valence-corrected chi connectivity index (χ3v) is 3.80. The summed E-state index contributed by atoms with van der Waals surface area (Å²) in [6.07, 6.45) is 3.05. The van der Waals surface area contributed by atoms with Crippen LogP contribution < -0.4 is 5.73 Å². The van der Waals surface area contributed by atoms with Crippen LogP contribution in [0.1, 0.15) is 25.8 Å². The molecule has 0 aliphatic carbocycles. The number of rotatable bonds is 5. The van der Waals surface area contributed by atoms with E-state index in [9.17, 15) is 8.42 Å². The number of nitrogens with two attached hydrogens (primary N) is 1. The molecule has 0 aromatic heterocycles. The predicted molar refractivity (Wildman–Crippen MR) is 70.7 cm³/mol. The van der Waals surface area contributed by atoms with Crippen molar-refractivity contribution in [2.75, 3.05) is 6.26 Å². The lowest BCUT2D eigenvalue weighted by Gasteiger charge is -2.14. The smallest absolute Gasteiger partial charge is 0.175 e. The molecule has 0 radical (unpaired) electrons. The minimum absolute atomic E-state index is 0.183. The van der Waals surface area contributed by atoms with Crippen LogP contribution in [-0.4, -0.2) is 20.7 Å². The molecule has 1 rings (SSSR count). The number of hydrogen-bond donors (Lipinski definition) is 1. The number of sulfone groups is 1. The van der Waals surface area contributed by atoms with Gasteiger partial charge in [0.2, 0.25) is 0 Å².